The molecule has 2 bridgehead atoms. The molecule has 0 unspecified atom stereocenters. The van der Waals surface area contributed by atoms with Gasteiger partial charge in [0.2, 0.25) is 0 Å². The number of nitrogens with zero attached hydrogens (tertiary/aromatic N) is 2. The zero-order chi connectivity index (χ0) is 15.3. The summed E-state index contributed by atoms with van der Waals surface area (Å²) in [6, 6.07) is 0.850. The first-order valence-corrected chi connectivity index (χ1v) is 6.94. The van der Waals surface area contributed by atoms with Crippen LogP contribution in [0, 0.1) is 0 Å². The molecule has 1 amide bonds. The minimum atomic E-state index is -4.57. The average molecular weight is 299 g/mol. The lowest BCUT2D eigenvalue weighted by Gasteiger charge is -2.34. The largest absolute Gasteiger partial charge is 0.417 e. The van der Waals surface area contributed by atoms with Crippen molar-refractivity contribution in [2.24, 2.45) is 5.73 Å². The Morgan fingerprint density at radius 2 is 2.10 bits per heavy atom. The van der Waals surface area contributed by atoms with E-state index in [9.17, 15) is 18.0 Å². The fourth-order valence-corrected chi connectivity index (χ4v) is 3.65. The van der Waals surface area contributed by atoms with Crippen LogP contribution in [0.3, 0.4) is 0 Å². The number of carbonyl (C=O) groups is 1. The highest BCUT2D eigenvalue weighted by atomic mass is 19.4. The molecule has 1 aromatic heterocycles. The van der Waals surface area contributed by atoms with Gasteiger partial charge in [-0.2, -0.15) is 13.2 Å². The minimum Gasteiger partial charge on any atom is -0.329 e. The Balaban J connectivity index is 2.01. The van der Waals surface area contributed by atoms with E-state index in [4.69, 9.17) is 5.73 Å². The van der Waals surface area contributed by atoms with Crippen LogP contribution in [-0.4, -0.2) is 33.9 Å². The van der Waals surface area contributed by atoms with Crippen molar-refractivity contribution in [2.75, 3.05) is 6.54 Å². The summed E-state index contributed by atoms with van der Waals surface area (Å²) in [4.78, 5) is 17.9. The van der Waals surface area contributed by atoms with E-state index in [1.54, 1.807) is 4.90 Å². The van der Waals surface area contributed by atoms with Crippen molar-refractivity contribution in [3.8, 4) is 0 Å². The third-order valence-corrected chi connectivity index (χ3v) is 4.72. The molecule has 0 aliphatic carbocycles. The number of hydrogen-bond donors (Lipinski definition) is 1. The number of carbonyl (C=O) groups excluding carboxylic acids is 1. The normalized spacial score (nSPS) is 28.2. The van der Waals surface area contributed by atoms with Crippen molar-refractivity contribution in [1.82, 2.24) is 9.88 Å². The van der Waals surface area contributed by atoms with Gasteiger partial charge in [-0.3, -0.25) is 9.78 Å². The monoisotopic (exact) mass is 299 g/mol. The van der Waals surface area contributed by atoms with E-state index >= 15 is 0 Å². The smallest absolute Gasteiger partial charge is 0.329 e. The molecule has 2 fully saturated rings. The van der Waals surface area contributed by atoms with Crippen LogP contribution in [0.4, 0.5) is 13.2 Å². The van der Waals surface area contributed by atoms with E-state index in [0.717, 1.165) is 44.1 Å². The van der Waals surface area contributed by atoms with Crippen LogP contribution < -0.4 is 5.73 Å². The molecule has 3 heterocycles. The Kier molecular flexibility index (Phi) is 3.20. The molecule has 0 aromatic carbocycles. The Morgan fingerprint density at radius 1 is 1.43 bits per heavy atom. The third kappa shape index (κ3) is 2.10. The predicted molar refractivity (Wildman–Crippen MR) is 69.4 cm³/mol. The zero-order valence-corrected chi connectivity index (χ0v) is 11.4. The van der Waals surface area contributed by atoms with Gasteiger partial charge < -0.3 is 10.6 Å². The molecule has 1 aromatic rings. The van der Waals surface area contributed by atoms with Gasteiger partial charge in [-0.15, -0.1) is 0 Å². The summed E-state index contributed by atoms with van der Waals surface area (Å²) in [5.41, 5.74) is 4.02. The minimum absolute atomic E-state index is 0.00217. The molecule has 2 aliphatic heterocycles. The van der Waals surface area contributed by atoms with Gasteiger partial charge in [-0.1, -0.05) is 0 Å². The van der Waals surface area contributed by atoms with E-state index < -0.39 is 23.2 Å². The Morgan fingerprint density at radius 3 is 2.67 bits per heavy atom. The van der Waals surface area contributed by atoms with Gasteiger partial charge in [0.1, 0.15) is 0 Å². The highest BCUT2D eigenvalue weighted by molar-refractivity contribution is 5.96. The second kappa shape index (κ2) is 4.69. The summed E-state index contributed by atoms with van der Waals surface area (Å²) >= 11 is 0. The molecule has 0 radical (unpaired) electrons. The van der Waals surface area contributed by atoms with Crippen molar-refractivity contribution < 1.29 is 18.0 Å². The topological polar surface area (TPSA) is 59.2 Å². The maximum absolute atomic E-state index is 13.1. The predicted octanol–water partition coefficient (Wildman–Crippen LogP) is 2.20. The molecule has 114 valence electrons. The van der Waals surface area contributed by atoms with Crippen molar-refractivity contribution >= 4 is 5.91 Å². The van der Waals surface area contributed by atoms with Crippen molar-refractivity contribution in [3.05, 3.63) is 29.6 Å². The second-order valence-corrected chi connectivity index (χ2v) is 5.75. The summed E-state index contributed by atoms with van der Waals surface area (Å²) in [5.74, 6) is -0.596. The van der Waals surface area contributed by atoms with Crippen LogP contribution in [0.5, 0.6) is 0 Å². The number of halogens is 3. The van der Waals surface area contributed by atoms with Gasteiger partial charge in [-0.25, -0.2) is 0 Å². The fraction of sp³-hybridized carbons (Fsp3) is 0.571. The number of fused-ring (bicyclic) bond motifs is 2. The number of amides is 1. The van der Waals surface area contributed by atoms with Crippen molar-refractivity contribution in [3.63, 3.8) is 0 Å². The van der Waals surface area contributed by atoms with E-state index in [-0.39, 0.29) is 18.2 Å². The first kappa shape index (κ1) is 14.3. The third-order valence-electron chi connectivity index (χ3n) is 4.72. The van der Waals surface area contributed by atoms with E-state index in [0.29, 0.717) is 0 Å². The standard InChI is InChI=1S/C14H16F3N3O/c15-14(16,17)11-3-6-19-7-10(11)12(21)20-9-1-4-13(20,8-18)5-2-9/h3,6-7,9H,1-2,4-5,8,18H2. The van der Waals surface area contributed by atoms with Crippen molar-refractivity contribution in [2.45, 2.75) is 43.4 Å². The lowest BCUT2D eigenvalue weighted by Crippen LogP contribution is -2.50. The van der Waals surface area contributed by atoms with Gasteiger partial charge in [0, 0.05) is 25.0 Å². The molecule has 2 N–H and O–H groups in total. The van der Waals surface area contributed by atoms with Crippen LogP contribution in [0.25, 0.3) is 0 Å². The van der Waals surface area contributed by atoms with Crippen LogP contribution in [-0.2, 0) is 6.18 Å². The average Bonchev–Trinajstić information content (AvgIpc) is 3.01. The SMILES string of the molecule is NCC12CCC(CC1)N2C(=O)c1cnccc1C(F)(F)F. The Bertz CT molecular complexity index is 565. The van der Waals surface area contributed by atoms with Gasteiger partial charge >= 0.3 is 6.18 Å². The van der Waals surface area contributed by atoms with E-state index in [1.165, 1.54) is 0 Å². The molecule has 0 saturated carbocycles. The number of aromatic nitrogens is 1. The van der Waals surface area contributed by atoms with Crippen molar-refractivity contribution in [1.29, 1.82) is 0 Å². The number of hydrogen-bond acceptors (Lipinski definition) is 3. The molecule has 0 atom stereocenters. The van der Waals surface area contributed by atoms with Crippen LogP contribution in [0.15, 0.2) is 18.5 Å². The lowest BCUT2D eigenvalue weighted by atomic mass is 9.88. The lowest BCUT2D eigenvalue weighted by molar-refractivity contribution is -0.138. The summed E-state index contributed by atoms with van der Waals surface area (Å²) in [6.45, 7) is 0.289. The van der Waals surface area contributed by atoms with Crippen LogP contribution in [0.1, 0.15) is 41.6 Å². The highest BCUT2D eigenvalue weighted by Gasteiger charge is 2.53. The number of nitrogens with two attached hydrogens (primary N) is 1. The number of alkyl halides is 3. The van der Waals surface area contributed by atoms with Crippen LogP contribution >= 0.6 is 0 Å². The van der Waals surface area contributed by atoms with Gasteiger partial charge in [-0.05, 0) is 31.7 Å². The Hall–Kier alpha value is -1.63. The molecule has 0 spiro atoms. The van der Waals surface area contributed by atoms with Gasteiger partial charge in [0.15, 0.2) is 0 Å². The van der Waals surface area contributed by atoms with Gasteiger partial charge in [0.25, 0.3) is 5.91 Å². The first-order chi connectivity index (χ1) is 9.89. The highest BCUT2D eigenvalue weighted by Crippen LogP contribution is 2.47. The second-order valence-electron chi connectivity index (χ2n) is 5.75. The molecular formula is C14H16F3N3O. The summed E-state index contributed by atoms with van der Waals surface area (Å²) in [5, 5.41) is 0. The summed E-state index contributed by atoms with van der Waals surface area (Å²) in [7, 11) is 0. The van der Waals surface area contributed by atoms with E-state index in [2.05, 4.69) is 4.98 Å². The number of pyridine rings is 1. The zero-order valence-electron chi connectivity index (χ0n) is 11.4. The summed E-state index contributed by atoms with van der Waals surface area (Å²) < 4.78 is 39.2. The Labute approximate surface area is 120 Å². The molecule has 3 rings (SSSR count). The molecular weight excluding hydrogens is 283 g/mol. The quantitative estimate of drug-likeness (QED) is 0.910. The summed E-state index contributed by atoms with van der Waals surface area (Å²) in [6.07, 6.45) is 0.644. The molecule has 7 heteroatoms. The maximum Gasteiger partial charge on any atom is 0.417 e. The molecule has 21 heavy (non-hydrogen) atoms. The molecule has 2 aliphatic rings. The maximum atomic E-state index is 13.1. The first-order valence-electron chi connectivity index (χ1n) is 6.94. The van der Waals surface area contributed by atoms with Crippen LogP contribution in [0.2, 0.25) is 0 Å². The number of rotatable bonds is 2. The molecule has 2 saturated heterocycles. The van der Waals surface area contributed by atoms with E-state index in [1.807, 2.05) is 0 Å². The van der Waals surface area contributed by atoms with Gasteiger partial charge in [0.05, 0.1) is 16.7 Å². The fourth-order valence-electron chi connectivity index (χ4n) is 3.65. The molecule has 4 nitrogen and oxygen atoms in total.